The monoisotopic (exact) mass is 487 g/mol. The number of carbonyl (C=O) groups is 2. The van der Waals surface area contributed by atoms with Crippen molar-refractivity contribution in [2.45, 2.75) is 109 Å². The molecule has 7 heteroatoms. The molecule has 1 aromatic carbocycles. The molecule has 0 fully saturated rings. The van der Waals surface area contributed by atoms with Crippen LogP contribution in [0, 0.1) is 0 Å². The average Bonchev–Trinajstić information content (AvgIpc) is 3.22. The predicted octanol–water partition coefficient (Wildman–Crippen LogP) is 6.65. The molecule has 7 nitrogen and oxygen atoms in total. The number of fused-ring (bicyclic) bond motifs is 1. The summed E-state index contributed by atoms with van der Waals surface area (Å²) in [5, 5.41) is 25.3. The number of phenolic OH excluding ortho intramolecular Hbond substituents is 1. The first-order valence-electron chi connectivity index (χ1n) is 13.6. The van der Waals surface area contributed by atoms with Crippen molar-refractivity contribution < 1.29 is 19.8 Å². The number of aromatic amines is 1. The molecule has 196 valence electrons. The lowest BCUT2D eigenvalue weighted by atomic mass is 10.0. The van der Waals surface area contributed by atoms with E-state index < -0.39 is 18.0 Å². The van der Waals surface area contributed by atoms with E-state index in [1.807, 2.05) is 0 Å². The van der Waals surface area contributed by atoms with Gasteiger partial charge in [0.1, 0.15) is 11.8 Å². The number of aliphatic carboxylic acids is 1. The number of H-pyrrole nitrogens is 1. The number of carboxylic acid groups (broad SMARTS) is 1. The zero-order valence-corrected chi connectivity index (χ0v) is 21.4. The van der Waals surface area contributed by atoms with Crippen molar-refractivity contribution in [3.63, 3.8) is 0 Å². The Kier molecular flexibility index (Phi) is 13.7. The Morgan fingerprint density at radius 2 is 1.46 bits per heavy atom. The van der Waals surface area contributed by atoms with Crippen LogP contribution < -0.4 is 10.6 Å². The Hall–Kier alpha value is -2.70. The molecule has 0 spiro atoms. The second-order valence-electron chi connectivity index (χ2n) is 9.64. The quantitative estimate of drug-likeness (QED) is 0.143. The highest BCUT2D eigenvalue weighted by molar-refractivity contribution is 5.87. The van der Waals surface area contributed by atoms with Crippen LogP contribution >= 0.6 is 0 Å². The van der Waals surface area contributed by atoms with Crippen LogP contribution in [-0.2, 0) is 11.2 Å². The molecule has 0 aliphatic rings. The van der Waals surface area contributed by atoms with Gasteiger partial charge in [0.25, 0.3) is 0 Å². The zero-order valence-electron chi connectivity index (χ0n) is 21.4. The van der Waals surface area contributed by atoms with Gasteiger partial charge in [-0.15, -0.1) is 0 Å². The third-order valence-electron chi connectivity index (χ3n) is 6.59. The van der Waals surface area contributed by atoms with Gasteiger partial charge in [0, 0.05) is 30.1 Å². The van der Waals surface area contributed by atoms with E-state index in [2.05, 4.69) is 22.5 Å². The van der Waals surface area contributed by atoms with Gasteiger partial charge in [0.2, 0.25) is 0 Å². The lowest BCUT2D eigenvalue weighted by Crippen LogP contribution is -2.47. The van der Waals surface area contributed by atoms with E-state index in [9.17, 15) is 19.8 Å². The number of aromatic hydroxyl groups is 1. The third-order valence-corrected chi connectivity index (χ3v) is 6.59. The highest BCUT2D eigenvalue weighted by atomic mass is 16.4. The van der Waals surface area contributed by atoms with Gasteiger partial charge in [0.15, 0.2) is 0 Å². The van der Waals surface area contributed by atoms with Crippen molar-refractivity contribution >= 4 is 22.9 Å². The molecular weight excluding hydrogens is 442 g/mol. The fraction of sp³-hybridized carbons (Fsp3) is 0.643. The number of unbranched alkanes of at least 4 members (excludes halogenated alkanes) is 13. The van der Waals surface area contributed by atoms with Gasteiger partial charge in [-0.3, -0.25) is 0 Å². The van der Waals surface area contributed by atoms with Gasteiger partial charge in [-0.05, 0) is 30.2 Å². The maximum absolute atomic E-state index is 12.2. The van der Waals surface area contributed by atoms with Crippen LogP contribution in [0.5, 0.6) is 5.75 Å². The summed E-state index contributed by atoms with van der Waals surface area (Å²) in [6.45, 7) is 2.80. The fourth-order valence-electron chi connectivity index (χ4n) is 4.49. The number of carboxylic acids is 1. The van der Waals surface area contributed by atoms with Crippen molar-refractivity contribution in [1.82, 2.24) is 15.6 Å². The van der Waals surface area contributed by atoms with E-state index in [-0.39, 0.29) is 12.2 Å². The molecule has 0 saturated carbocycles. The Bertz CT molecular complexity index is 880. The number of phenols is 1. The molecule has 1 heterocycles. The van der Waals surface area contributed by atoms with Crippen molar-refractivity contribution in [2.75, 3.05) is 6.54 Å². The van der Waals surface area contributed by atoms with E-state index in [4.69, 9.17) is 0 Å². The maximum atomic E-state index is 12.2. The molecule has 0 aliphatic heterocycles. The van der Waals surface area contributed by atoms with Gasteiger partial charge in [-0.1, -0.05) is 90.4 Å². The Morgan fingerprint density at radius 3 is 2.03 bits per heavy atom. The van der Waals surface area contributed by atoms with E-state index in [1.54, 1.807) is 24.4 Å². The van der Waals surface area contributed by atoms with Gasteiger partial charge >= 0.3 is 12.0 Å². The van der Waals surface area contributed by atoms with E-state index in [0.29, 0.717) is 6.54 Å². The molecule has 2 aromatic rings. The summed E-state index contributed by atoms with van der Waals surface area (Å²) in [6, 6.07) is 3.39. The minimum absolute atomic E-state index is 0.115. The fourth-order valence-corrected chi connectivity index (χ4v) is 4.49. The molecule has 1 unspecified atom stereocenters. The van der Waals surface area contributed by atoms with Crippen molar-refractivity contribution in [3.05, 3.63) is 30.0 Å². The Labute approximate surface area is 210 Å². The van der Waals surface area contributed by atoms with Crippen LogP contribution in [0.25, 0.3) is 10.9 Å². The minimum atomic E-state index is -1.09. The summed E-state index contributed by atoms with van der Waals surface area (Å²) in [6.07, 6.45) is 19.8. The number of urea groups is 1. The molecule has 0 aliphatic carbocycles. The van der Waals surface area contributed by atoms with Gasteiger partial charge in [0.05, 0.1) is 0 Å². The summed E-state index contributed by atoms with van der Waals surface area (Å²) in [7, 11) is 0. The minimum Gasteiger partial charge on any atom is -0.508 e. The molecule has 1 aromatic heterocycles. The summed E-state index contributed by atoms with van der Waals surface area (Å²) >= 11 is 0. The zero-order chi connectivity index (χ0) is 25.3. The summed E-state index contributed by atoms with van der Waals surface area (Å²) < 4.78 is 0. The first-order chi connectivity index (χ1) is 17.0. The van der Waals surface area contributed by atoms with Crippen LogP contribution in [0.1, 0.15) is 102 Å². The highest BCUT2D eigenvalue weighted by Crippen LogP contribution is 2.24. The molecule has 2 rings (SSSR count). The average molecular weight is 488 g/mol. The van der Waals surface area contributed by atoms with E-state index >= 15 is 0 Å². The molecule has 0 saturated heterocycles. The largest absolute Gasteiger partial charge is 0.508 e. The Morgan fingerprint density at radius 1 is 0.886 bits per heavy atom. The van der Waals surface area contributed by atoms with Gasteiger partial charge in [-0.25, -0.2) is 9.59 Å². The van der Waals surface area contributed by atoms with Gasteiger partial charge in [-0.2, -0.15) is 0 Å². The lowest BCUT2D eigenvalue weighted by Gasteiger charge is -2.15. The first-order valence-corrected chi connectivity index (χ1v) is 13.6. The normalized spacial score (nSPS) is 12.0. The van der Waals surface area contributed by atoms with Crippen LogP contribution in [0.3, 0.4) is 0 Å². The number of benzene rings is 1. The third kappa shape index (κ3) is 11.5. The summed E-state index contributed by atoms with van der Waals surface area (Å²) in [4.78, 5) is 26.9. The second-order valence-corrected chi connectivity index (χ2v) is 9.64. The molecule has 5 N–H and O–H groups in total. The maximum Gasteiger partial charge on any atom is 0.326 e. The summed E-state index contributed by atoms with van der Waals surface area (Å²) in [5.74, 6) is -0.977. The first kappa shape index (κ1) is 28.5. The van der Waals surface area contributed by atoms with Crippen molar-refractivity contribution in [2.24, 2.45) is 0 Å². The number of carbonyl (C=O) groups excluding carboxylic acids is 1. The number of amides is 2. The SMILES string of the molecule is CCCCCCCCCCCCCCCCNC(=O)NC(Cc1c[nH]c2ccc(O)cc12)C(=O)O. The smallest absolute Gasteiger partial charge is 0.326 e. The van der Waals surface area contributed by atoms with Crippen LogP contribution in [0.4, 0.5) is 4.79 Å². The van der Waals surface area contributed by atoms with Crippen LogP contribution in [0.2, 0.25) is 0 Å². The molecular formula is C28H45N3O4. The lowest BCUT2D eigenvalue weighted by molar-refractivity contribution is -0.139. The van der Waals surface area contributed by atoms with Crippen molar-refractivity contribution in [1.29, 1.82) is 0 Å². The van der Waals surface area contributed by atoms with Crippen molar-refractivity contribution in [3.8, 4) is 5.75 Å². The number of hydrogen-bond acceptors (Lipinski definition) is 3. The second kappa shape index (κ2) is 16.8. The predicted molar refractivity (Wildman–Crippen MR) is 142 cm³/mol. The number of aromatic nitrogens is 1. The Balaban J connectivity index is 1.52. The number of rotatable bonds is 19. The van der Waals surface area contributed by atoms with E-state index in [1.165, 1.54) is 77.0 Å². The summed E-state index contributed by atoms with van der Waals surface area (Å²) in [5.41, 5.74) is 1.54. The number of nitrogens with one attached hydrogen (secondary N) is 3. The van der Waals surface area contributed by atoms with Gasteiger partial charge < -0.3 is 25.8 Å². The molecule has 1 atom stereocenters. The molecule has 0 radical (unpaired) electrons. The molecule has 2 amide bonds. The highest BCUT2D eigenvalue weighted by Gasteiger charge is 2.22. The topological polar surface area (TPSA) is 114 Å². The molecule has 0 bridgehead atoms. The number of hydrogen-bond donors (Lipinski definition) is 5. The molecule has 35 heavy (non-hydrogen) atoms. The van der Waals surface area contributed by atoms with Crippen LogP contribution in [0.15, 0.2) is 24.4 Å². The standard InChI is InChI=1S/C28H45N3O4/c1-2-3-4-5-6-7-8-9-10-11-12-13-14-15-18-29-28(35)31-26(27(33)34)19-22-21-30-25-17-16-23(32)20-24(22)25/h16-17,20-21,26,30,32H,2-15,18-19H2,1H3,(H,33,34)(H2,29,31,35). The van der Waals surface area contributed by atoms with E-state index in [0.717, 1.165) is 29.3 Å². The van der Waals surface area contributed by atoms with Crippen LogP contribution in [-0.4, -0.2) is 39.8 Å².